The monoisotopic (exact) mass is 260 g/mol. The van der Waals surface area contributed by atoms with Gasteiger partial charge in [0.2, 0.25) is 0 Å². The average molecular weight is 261 g/mol. The van der Waals surface area contributed by atoms with Gasteiger partial charge in [-0.15, -0.1) is 0 Å². The maximum Gasteiger partial charge on any atom is 0.0780 e. The van der Waals surface area contributed by atoms with E-state index in [1.54, 1.807) is 0 Å². The summed E-state index contributed by atoms with van der Waals surface area (Å²) in [5, 5.41) is 0. The van der Waals surface area contributed by atoms with Crippen LogP contribution in [0.5, 0.6) is 0 Å². The lowest BCUT2D eigenvalue weighted by Crippen LogP contribution is -2.35. The molecule has 0 saturated carbocycles. The SMILES string of the molecule is CCSCCCCCCCCCC[N+](C)(C)C. The van der Waals surface area contributed by atoms with Crippen LogP contribution >= 0.6 is 11.8 Å². The van der Waals surface area contributed by atoms with Crippen molar-refractivity contribution >= 4 is 11.8 Å². The molecule has 0 unspecified atom stereocenters. The highest BCUT2D eigenvalue weighted by Gasteiger charge is 2.04. The Morgan fingerprint density at radius 2 is 1.18 bits per heavy atom. The number of unbranched alkanes of at least 4 members (excludes halogenated alkanes) is 7. The van der Waals surface area contributed by atoms with Gasteiger partial charge in [-0.1, -0.05) is 39.0 Å². The molecule has 0 heterocycles. The predicted molar refractivity (Wildman–Crippen MR) is 82.8 cm³/mol. The fourth-order valence-electron chi connectivity index (χ4n) is 2.00. The Balaban J connectivity index is 2.99. The first-order chi connectivity index (χ1) is 8.06. The number of hydrogen-bond donors (Lipinski definition) is 0. The Bertz CT molecular complexity index is 151. The van der Waals surface area contributed by atoms with Gasteiger partial charge < -0.3 is 4.48 Å². The molecule has 0 atom stereocenters. The van der Waals surface area contributed by atoms with Crippen molar-refractivity contribution in [1.82, 2.24) is 0 Å². The van der Waals surface area contributed by atoms with Crippen molar-refractivity contribution in [3.63, 3.8) is 0 Å². The quantitative estimate of drug-likeness (QED) is 0.366. The van der Waals surface area contributed by atoms with Gasteiger partial charge in [0.1, 0.15) is 0 Å². The molecule has 0 aliphatic carbocycles. The van der Waals surface area contributed by atoms with Crippen LogP contribution in [0.25, 0.3) is 0 Å². The van der Waals surface area contributed by atoms with Crippen molar-refractivity contribution in [3.8, 4) is 0 Å². The van der Waals surface area contributed by atoms with Gasteiger partial charge in [-0.3, -0.25) is 0 Å². The van der Waals surface area contributed by atoms with Crippen LogP contribution in [0.15, 0.2) is 0 Å². The van der Waals surface area contributed by atoms with Crippen LogP contribution in [0.3, 0.4) is 0 Å². The molecule has 0 N–H and O–H groups in total. The summed E-state index contributed by atoms with van der Waals surface area (Å²) in [4.78, 5) is 0. The number of quaternary nitrogens is 1. The van der Waals surface area contributed by atoms with Gasteiger partial charge in [-0.05, 0) is 30.8 Å². The molecule has 0 rings (SSSR count). The van der Waals surface area contributed by atoms with Crippen molar-refractivity contribution in [1.29, 1.82) is 0 Å². The molecule has 0 aliphatic rings. The molecule has 2 heteroatoms. The molecule has 0 aromatic carbocycles. The van der Waals surface area contributed by atoms with Crippen molar-refractivity contribution in [2.75, 3.05) is 39.2 Å². The third kappa shape index (κ3) is 16.3. The standard InChI is InChI=1S/C15H34NS/c1-5-17-15-13-11-9-7-6-8-10-12-14-16(2,3)4/h5-15H2,1-4H3/q+1. The fraction of sp³-hybridized carbons (Fsp3) is 1.00. The topological polar surface area (TPSA) is 0 Å². The number of thioether (sulfide) groups is 1. The molecule has 104 valence electrons. The summed E-state index contributed by atoms with van der Waals surface area (Å²) < 4.78 is 1.12. The van der Waals surface area contributed by atoms with Crippen LogP contribution in [0.1, 0.15) is 58.3 Å². The molecular weight excluding hydrogens is 226 g/mol. The first-order valence-corrected chi connectivity index (χ1v) is 8.60. The Morgan fingerprint density at radius 3 is 1.65 bits per heavy atom. The third-order valence-corrected chi connectivity index (χ3v) is 4.06. The first kappa shape index (κ1) is 17.3. The molecule has 0 fully saturated rings. The zero-order valence-electron chi connectivity index (χ0n) is 12.6. The third-order valence-electron chi connectivity index (χ3n) is 3.07. The summed E-state index contributed by atoms with van der Waals surface area (Å²) in [6.45, 7) is 3.58. The lowest BCUT2D eigenvalue weighted by Gasteiger charge is -2.23. The molecule has 0 radical (unpaired) electrons. The van der Waals surface area contributed by atoms with Crippen molar-refractivity contribution in [2.24, 2.45) is 0 Å². The van der Waals surface area contributed by atoms with E-state index in [1.165, 1.54) is 69.4 Å². The number of hydrogen-bond acceptors (Lipinski definition) is 1. The summed E-state index contributed by atoms with van der Waals surface area (Å²) >= 11 is 2.08. The molecule has 17 heavy (non-hydrogen) atoms. The van der Waals surface area contributed by atoms with Crippen LogP contribution in [0.4, 0.5) is 0 Å². The Labute approximate surface area is 114 Å². The van der Waals surface area contributed by atoms with Crippen molar-refractivity contribution in [2.45, 2.75) is 58.3 Å². The average Bonchev–Trinajstić information content (AvgIpc) is 2.24. The largest absolute Gasteiger partial charge is 0.331 e. The maximum absolute atomic E-state index is 2.29. The van der Waals surface area contributed by atoms with E-state index in [0.29, 0.717) is 0 Å². The van der Waals surface area contributed by atoms with E-state index < -0.39 is 0 Å². The van der Waals surface area contributed by atoms with Crippen LogP contribution < -0.4 is 0 Å². The second-order valence-corrected chi connectivity index (χ2v) is 7.43. The van der Waals surface area contributed by atoms with E-state index in [0.717, 1.165) is 4.48 Å². The minimum atomic E-state index is 1.12. The van der Waals surface area contributed by atoms with Crippen molar-refractivity contribution in [3.05, 3.63) is 0 Å². The van der Waals surface area contributed by atoms with Gasteiger partial charge in [-0.25, -0.2) is 0 Å². The summed E-state index contributed by atoms with van der Waals surface area (Å²) in [5.74, 6) is 2.66. The van der Waals surface area contributed by atoms with Gasteiger partial charge in [0.15, 0.2) is 0 Å². The van der Waals surface area contributed by atoms with Crippen molar-refractivity contribution < 1.29 is 4.48 Å². The van der Waals surface area contributed by atoms with Crippen LogP contribution in [-0.2, 0) is 0 Å². The number of nitrogens with zero attached hydrogens (tertiary/aromatic N) is 1. The van der Waals surface area contributed by atoms with E-state index in [2.05, 4.69) is 39.8 Å². The first-order valence-electron chi connectivity index (χ1n) is 7.44. The molecule has 0 saturated heterocycles. The molecular formula is C15H34NS+. The second-order valence-electron chi connectivity index (χ2n) is 6.04. The molecule has 0 aliphatic heterocycles. The van der Waals surface area contributed by atoms with Gasteiger partial charge in [0.05, 0.1) is 27.7 Å². The second kappa shape index (κ2) is 11.4. The summed E-state index contributed by atoms with van der Waals surface area (Å²) in [6, 6.07) is 0. The van der Waals surface area contributed by atoms with Gasteiger partial charge in [0, 0.05) is 0 Å². The molecule has 0 bridgehead atoms. The molecule has 0 aromatic heterocycles. The maximum atomic E-state index is 2.29. The minimum Gasteiger partial charge on any atom is -0.331 e. The molecule has 0 aromatic rings. The van der Waals surface area contributed by atoms with Gasteiger partial charge in [0.25, 0.3) is 0 Å². The van der Waals surface area contributed by atoms with E-state index in [1.807, 2.05) is 0 Å². The van der Waals surface area contributed by atoms with E-state index in [4.69, 9.17) is 0 Å². The zero-order valence-corrected chi connectivity index (χ0v) is 13.5. The Kier molecular flexibility index (Phi) is 11.6. The smallest absolute Gasteiger partial charge is 0.0780 e. The molecule has 0 amide bonds. The highest BCUT2D eigenvalue weighted by molar-refractivity contribution is 7.99. The Morgan fingerprint density at radius 1 is 0.706 bits per heavy atom. The minimum absolute atomic E-state index is 1.12. The highest BCUT2D eigenvalue weighted by Crippen LogP contribution is 2.11. The van der Waals surface area contributed by atoms with Crippen LogP contribution in [0, 0.1) is 0 Å². The summed E-state index contributed by atoms with van der Waals surface area (Å²) in [6.07, 6.45) is 11.5. The summed E-state index contributed by atoms with van der Waals surface area (Å²) in [7, 11) is 6.86. The molecule has 1 nitrogen and oxygen atoms in total. The zero-order chi connectivity index (χ0) is 13.0. The van der Waals surface area contributed by atoms with Crippen LogP contribution in [-0.4, -0.2) is 43.7 Å². The lowest BCUT2D eigenvalue weighted by molar-refractivity contribution is -0.870. The van der Waals surface area contributed by atoms with E-state index in [-0.39, 0.29) is 0 Å². The van der Waals surface area contributed by atoms with Crippen LogP contribution in [0.2, 0.25) is 0 Å². The Hall–Kier alpha value is 0.310. The van der Waals surface area contributed by atoms with Gasteiger partial charge in [-0.2, -0.15) is 11.8 Å². The number of rotatable bonds is 12. The van der Waals surface area contributed by atoms with E-state index >= 15 is 0 Å². The fourth-order valence-corrected chi connectivity index (χ4v) is 2.69. The van der Waals surface area contributed by atoms with Gasteiger partial charge >= 0.3 is 0 Å². The van der Waals surface area contributed by atoms with E-state index in [9.17, 15) is 0 Å². The summed E-state index contributed by atoms with van der Waals surface area (Å²) in [5.41, 5.74) is 0. The lowest BCUT2D eigenvalue weighted by atomic mass is 10.1. The highest BCUT2D eigenvalue weighted by atomic mass is 32.2. The normalized spacial score (nSPS) is 12.0. The molecule has 0 spiro atoms. The predicted octanol–water partition coefficient (Wildman–Crippen LogP) is 4.57.